The molecule has 8 heteroatoms. The second-order valence-electron chi connectivity index (χ2n) is 5.70. The molecule has 1 saturated heterocycles. The summed E-state index contributed by atoms with van der Waals surface area (Å²) in [6.45, 7) is 0. The van der Waals surface area contributed by atoms with E-state index in [1.54, 1.807) is 0 Å². The van der Waals surface area contributed by atoms with E-state index in [0.717, 1.165) is 28.6 Å². The molecule has 2 fully saturated rings. The molecule has 3 heterocycles. The Bertz CT molecular complexity index is 676. The molecule has 0 aromatic carbocycles. The number of carboxylic acid groups (broad SMARTS) is 1. The van der Waals surface area contributed by atoms with Crippen LogP contribution in [0.5, 0.6) is 0 Å². The van der Waals surface area contributed by atoms with Crippen molar-refractivity contribution >= 4 is 22.3 Å². The van der Waals surface area contributed by atoms with Gasteiger partial charge in [0.1, 0.15) is 11.1 Å². The van der Waals surface area contributed by atoms with Crippen LogP contribution in [0.15, 0.2) is 0 Å². The molecular formula is C13H16N4O3S. The smallest absolute Gasteiger partial charge is 0.332 e. The van der Waals surface area contributed by atoms with Crippen LogP contribution in [-0.2, 0) is 9.53 Å². The van der Waals surface area contributed by atoms with Gasteiger partial charge in [-0.3, -0.25) is 0 Å². The van der Waals surface area contributed by atoms with Gasteiger partial charge in [0.2, 0.25) is 4.96 Å². The van der Waals surface area contributed by atoms with Crippen LogP contribution in [0.3, 0.4) is 0 Å². The summed E-state index contributed by atoms with van der Waals surface area (Å²) in [5, 5.41) is 22.9. The Morgan fingerprint density at radius 3 is 2.76 bits per heavy atom. The number of carboxylic acids is 1. The predicted molar refractivity (Wildman–Crippen MR) is 74.4 cm³/mol. The van der Waals surface area contributed by atoms with Gasteiger partial charge in [-0.1, -0.05) is 24.2 Å². The van der Waals surface area contributed by atoms with Gasteiger partial charge >= 0.3 is 5.97 Å². The van der Waals surface area contributed by atoms with E-state index in [4.69, 9.17) is 9.84 Å². The Morgan fingerprint density at radius 1 is 1.24 bits per heavy atom. The van der Waals surface area contributed by atoms with E-state index in [1.165, 1.54) is 24.2 Å². The zero-order chi connectivity index (χ0) is 14.4. The fourth-order valence-electron chi connectivity index (χ4n) is 3.22. The van der Waals surface area contributed by atoms with Crippen molar-refractivity contribution in [3.8, 4) is 0 Å². The summed E-state index contributed by atoms with van der Waals surface area (Å²) >= 11 is 1.45. The van der Waals surface area contributed by atoms with E-state index in [-0.39, 0.29) is 6.10 Å². The summed E-state index contributed by atoms with van der Waals surface area (Å²) in [4.78, 5) is 11.7. The van der Waals surface area contributed by atoms with Crippen LogP contribution in [0.1, 0.15) is 61.4 Å². The number of ether oxygens (including phenoxy) is 1. The zero-order valence-electron chi connectivity index (χ0n) is 11.4. The summed E-state index contributed by atoms with van der Waals surface area (Å²) in [5.41, 5.74) is 0. The van der Waals surface area contributed by atoms with Crippen molar-refractivity contribution in [1.82, 2.24) is 19.8 Å². The number of fused-ring (bicyclic) bond motifs is 1. The number of aliphatic carboxylic acids is 1. The largest absolute Gasteiger partial charge is 0.479 e. The van der Waals surface area contributed by atoms with Crippen molar-refractivity contribution in [2.24, 2.45) is 0 Å². The molecule has 0 spiro atoms. The number of carbonyl (C=O) groups is 1. The maximum Gasteiger partial charge on any atom is 0.332 e. The molecule has 7 nitrogen and oxygen atoms in total. The first-order valence-corrected chi connectivity index (χ1v) is 8.14. The minimum atomic E-state index is -0.896. The summed E-state index contributed by atoms with van der Waals surface area (Å²) < 4.78 is 7.39. The quantitative estimate of drug-likeness (QED) is 0.934. The second-order valence-corrected chi connectivity index (χ2v) is 6.69. The monoisotopic (exact) mass is 308 g/mol. The van der Waals surface area contributed by atoms with E-state index >= 15 is 0 Å². The highest BCUT2D eigenvalue weighted by atomic mass is 32.1. The molecule has 0 radical (unpaired) electrons. The van der Waals surface area contributed by atoms with Crippen LogP contribution in [0, 0.1) is 0 Å². The lowest BCUT2D eigenvalue weighted by Crippen LogP contribution is -2.18. The van der Waals surface area contributed by atoms with Crippen LogP contribution >= 0.6 is 11.3 Å². The molecule has 1 aliphatic heterocycles. The third kappa shape index (κ3) is 2.22. The first-order chi connectivity index (χ1) is 10.2. The van der Waals surface area contributed by atoms with Gasteiger partial charge in [0.15, 0.2) is 11.9 Å². The number of hydrogen-bond acceptors (Lipinski definition) is 6. The first-order valence-electron chi connectivity index (χ1n) is 7.32. The molecule has 2 aromatic rings. The van der Waals surface area contributed by atoms with Gasteiger partial charge in [0, 0.05) is 5.92 Å². The Morgan fingerprint density at radius 2 is 2.05 bits per heavy atom. The normalized spacial score (nSPS) is 26.9. The summed E-state index contributed by atoms with van der Waals surface area (Å²) in [7, 11) is 0. The van der Waals surface area contributed by atoms with Gasteiger partial charge in [0.25, 0.3) is 0 Å². The summed E-state index contributed by atoms with van der Waals surface area (Å²) in [6, 6.07) is 0. The van der Waals surface area contributed by atoms with Gasteiger partial charge in [-0.2, -0.15) is 9.61 Å². The zero-order valence-corrected chi connectivity index (χ0v) is 12.3. The van der Waals surface area contributed by atoms with Gasteiger partial charge in [-0.05, 0) is 25.7 Å². The molecule has 4 rings (SSSR count). The van der Waals surface area contributed by atoms with E-state index in [9.17, 15) is 4.79 Å². The molecule has 1 aliphatic carbocycles. The lowest BCUT2D eigenvalue weighted by Gasteiger charge is -2.07. The highest BCUT2D eigenvalue weighted by molar-refractivity contribution is 7.16. The van der Waals surface area contributed by atoms with E-state index in [1.807, 2.05) is 4.52 Å². The van der Waals surface area contributed by atoms with Crippen LogP contribution < -0.4 is 0 Å². The van der Waals surface area contributed by atoms with Crippen LogP contribution in [-0.4, -0.2) is 37.0 Å². The van der Waals surface area contributed by atoms with Crippen LogP contribution in [0.4, 0.5) is 0 Å². The Hall–Kier alpha value is -1.54. The topological polar surface area (TPSA) is 89.6 Å². The van der Waals surface area contributed by atoms with Gasteiger partial charge < -0.3 is 9.84 Å². The van der Waals surface area contributed by atoms with Gasteiger partial charge in [-0.15, -0.1) is 10.2 Å². The fraction of sp³-hybridized carbons (Fsp3) is 0.692. The molecule has 0 bridgehead atoms. The molecule has 2 aliphatic rings. The average Bonchev–Trinajstić information content (AvgIpc) is 3.21. The van der Waals surface area contributed by atoms with Crippen molar-refractivity contribution in [2.45, 2.75) is 56.7 Å². The number of rotatable bonds is 3. The maximum absolute atomic E-state index is 11.0. The average molecular weight is 308 g/mol. The maximum atomic E-state index is 11.0. The molecule has 112 valence electrons. The molecular weight excluding hydrogens is 292 g/mol. The molecule has 2 aromatic heterocycles. The van der Waals surface area contributed by atoms with Gasteiger partial charge in [0.05, 0.1) is 0 Å². The second kappa shape index (κ2) is 5.03. The molecule has 0 amide bonds. The van der Waals surface area contributed by atoms with Crippen LogP contribution in [0.2, 0.25) is 0 Å². The SMILES string of the molecule is O=C(O)C1CCC(c2nn3c(C4CCCC4)nnc3s2)O1. The van der Waals surface area contributed by atoms with Gasteiger partial charge in [-0.25, -0.2) is 4.79 Å². The van der Waals surface area contributed by atoms with E-state index in [2.05, 4.69) is 15.3 Å². The van der Waals surface area contributed by atoms with E-state index < -0.39 is 12.1 Å². The first kappa shape index (κ1) is 13.1. The number of nitrogens with zero attached hydrogens (tertiary/aromatic N) is 4. The molecule has 21 heavy (non-hydrogen) atoms. The number of hydrogen-bond donors (Lipinski definition) is 1. The molecule has 1 N–H and O–H groups in total. The minimum absolute atomic E-state index is 0.228. The Balaban J connectivity index is 1.61. The summed E-state index contributed by atoms with van der Waals surface area (Å²) in [5.74, 6) is 0.496. The highest BCUT2D eigenvalue weighted by Crippen LogP contribution is 2.37. The third-order valence-corrected chi connectivity index (χ3v) is 5.31. The highest BCUT2D eigenvalue weighted by Gasteiger charge is 2.34. The fourth-order valence-corrected chi connectivity index (χ4v) is 4.13. The van der Waals surface area contributed by atoms with Crippen LogP contribution in [0.25, 0.3) is 4.96 Å². The van der Waals surface area contributed by atoms with Crippen molar-refractivity contribution in [2.75, 3.05) is 0 Å². The lowest BCUT2D eigenvalue weighted by molar-refractivity contribution is -0.149. The summed E-state index contributed by atoms with van der Waals surface area (Å²) in [6.07, 6.45) is 5.07. The van der Waals surface area contributed by atoms with Crippen molar-refractivity contribution < 1.29 is 14.6 Å². The molecule has 2 unspecified atom stereocenters. The number of aromatic nitrogens is 4. The molecule has 2 atom stereocenters. The third-order valence-electron chi connectivity index (χ3n) is 4.32. The Kier molecular flexibility index (Phi) is 3.15. The standard InChI is InChI=1S/C13H16N4O3S/c18-12(19)9-6-5-8(20-9)11-16-17-10(7-3-1-2-4-7)14-15-13(17)21-11/h7-9H,1-6H2,(H,18,19). The minimum Gasteiger partial charge on any atom is -0.479 e. The predicted octanol–water partition coefficient (Wildman–Crippen LogP) is 2.15. The van der Waals surface area contributed by atoms with Crippen molar-refractivity contribution in [3.63, 3.8) is 0 Å². The van der Waals surface area contributed by atoms with Crippen molar-refractivity contribution in [3.05, 3.63) is 10.8 Å². The van der Waals surface area contributed by atoms with E-state index in [0.29, 0.717) is 18.8 Å². The molecule has 1 saturated carbocycles. The lowest BCUT2D eigenvalue weighted by atomic mass is 10.1. The Labute approximate surface area is 124 Å². The van der Waals surface area contributed by atoms with Crippen molar-refractivity contribution in [1.29, 1.82) is 0 Å².